The van der Waals surface area contributed by atoms with E-state index in [0.29, 0.717) is 13.0 Å². The minimum absolute atomic E-state index is 0.0198. The summed E-state index contributed by atoms with van der Waals surface area (Å²) in [5.74, 6) is -0.0198. The molecule has 0 bridgehead atoms. The molecule has 0 aliphatic heterocycles. The quantitative estimate of drug-likeness (QED) is 0.818. The van der Waals surface area contributed by atoms with E-state index >= 15 is 0 Å². The average molecular weight is 235 g/mol. The zero-order chi connectivity index (χ0) is 12.9. The Morgan fingerprint density at radius 1 is 1.41 bits per heavy atom. The number of rotatable bonds is 5. The lowest BCUT2D eigenvalue weighted by Crippen LogP contribution is -2.38. The third-order valence-electron chi connectivity index (χ3n) is 2.44. The van der Waals surface area contributed by atoms with Crippen LogP contribution >= 0.6 is 0 Å². The van der Waals surface area contributed by atoms with Gasteiger partial charge < -0.3 is 10.4 Å². The molecule has 1 aromatic rings. The van der Waals surface area contributed by atoms with Gasteiger partial charge in [-0.3, -0.25) is 4.79 Å². The zero-order valence-corrected chi connectivity index (χ0v) is 10.8. The molecular formula is C14H21NO2. The average Bonchev–Trinajstić information content (AvgIpc) is 2.23. The highest BCUT2D eigenvalue weighted by Crippen LogP contribution is 2.06. The molecule has 0 aliphatic rings. The van der Waals surface area contributed by atoms with Crippen LogP contribution in [0.25, 0.3) is 0 Å². The number of hydrogen-bond donors (Lipinski definition) is 2. The highest BCUT2D eigenvalue weighted by atomic mass is 16.3. The van der Waals surface area contributed by atoms with Gasteiger partial charge in [0.05, 0.1) is 5.60 Å². The molecule has 0 radical (unpaired) electrons. The third kappa shape index (κ3) is 6.07. The molecule has 0 unspecified atom stereocenters. The van der Waals surface area contributed by atoms with E-state index in [-0.39, 0.29) is 5.91 Å². The van der Waals surface area contributed by atoms with Crippen molar-refractivity contribution in [2.75, 3.05) is 6.54 Å². The maximum absolute atomic E-state index is 11.5. The summed E-state index contributed by atoms with van der Waals surface area (Å²) >= 11 is 0. The Hall–Kier alpha value is -1.35. The number of benzene rings is 1. The molecule has 1 amide bonds. The summed E-state index contributed by atoms with van der Waals surface area (Å²) in [5, 5.41) is 12.2. The fraction of sp³-hybridized carbons (Fsp3) is 0.500. The van der Waals surface area contributed by atoms with Gasteiger partial charge in [0, 0.05) is 13.0 Å². The SMILES string of the molecule is Cc1cccc(CCC(=O)NCC(C)(C)O)c1. The molecule has 0 atom stereocenters. The molecule has 3 nitrogen and oxygen atoms in total. The number of carbonyl (C=O) groups is 1. The van der Waals surface area contributed by atoms with E-state index in [1.165, 1.54) is 11.1 Å². The summed E-state index contributed by atoms with van der Waals surface area (Å²) in [6.45, 7) is 5.68. The van der Waals surface area contributed by atoms with Gasteiger partial charge in [0.25, 0.3) is 0 Å². The largest absolute Gasteiger partial charge is 0.389 e. The maximum atomic E-state index is 11.5. The first-order valence-corrected chi connectivity index (χ1v) is 5.91. The van der Waals surface area contributed by atoms with Gasteiger partial charge in [-0.1, -0.05) is 29.8 Å². The summed E-state index contributed by atoms with van der Waals surface area (Å²) in [7, 11) is 0. The van der Waals surface area contributed by atoms with E-state index in [2.05, 4.69) is 11.4 Å². The summed E-state index contributed by atoms with van der Waals surface area (Å²) in [6.07, 6.45) is 1.19. The summed E-state index contributed by atoms with van der Waals surface area (Å²) in [6, 6.07) is 8.15. The molecule has 17 heavy (non-hydrogen) atoms. The lowest BCUT2D eigenvalue weighted by molar-refractivity contribution is -0.122. The molecule has 0 aliphatic carbocycles. The predicted octanol–water partition coefficient (Wildman–Crippen LogP) is 1.81. The number of aryl methyl sites for hydroxylation is 2. The smallest absolute Gasteiger partial charge is 0.220 e. The lowest BCUT2D eigenvalue weighted by Gasteiger charge is -2.17. The van der Waals surface area contributed by atoms with Gasteiger partial charge >= 0.3 is 0 Å². The fourth-order valence-electron chi connectivity index (χ4n) is 1.53. The molecule has 0 spiro atoms. The number of hydrogen-bond acceptors (Lipinski definition) is 2. The second-order valence-corrected chi connectivity index (χ2v) is 5.08. The van der Waals surface area contributed by atoms with E-state index in [1.807, 2.05) is 25.1 Å². The lowest BCUT2D eigenvalue weighted by atomic mass is 10.1. The van der Waals surface area contributed by atoms with Crippen LogP contribution in [-0.2, 0) is 11.2 Å². The van der Waals surface area contributed by atoms with Gasteiger partial charge in [0.1, 0.15) is 0 Å². The summed E-state index contributed by atoms with van der Waals surface area (Å²) in [4.78, 5) is 11.5. The van der Waals surface area contributed by atoms with Crippen molar-refractivity contribution in [2.24, 2.45) is 0 Å². The van der Waals surface area contributed by atoms with E-state index < -0.39 is 5.60 Å². The Morgan fingerprint density at radius 3 is 2.71 bits per heavy atom. The van der Waals surface area contributed by atoms with Crippen molar-refractivity contribution in [3.8, 4) is 0 Å². The molecule has 2 N–H and O–H groups in total. The van der Waals surface area contributed by atoms with Crippen LogP contribution in [-0.4, -0.2) is 23.2 Å². The van der Waals surface area contributed by atoms with E-state index in [4.69, 9.17) is 0 Å². The molecule has 0 saturated carbocycles. The van der Waals surface area contributed by atoms with E-state index in [0.717, 1.165) is 6.42 Å². The van der Waals surface area contributed by atoms with Gasteiger partial charge in [0.2, 0.25) is 5.91 Å². The highest BCUT2D eigenvalue weighted by molar-refractivity contribution is 5.76. The number of nitrogens with one attached hydrogen (secondary N) is 1. The van der Waals surface area contributed by atoms with Gasteiger partial charge in [-0.2, -0.15) is 0 Å². The van der Waals surface area contributed by atoms with E-state index in [9.17, 15) is 9.90 Å². The monoisotopic (exact) mass is 235 g/mol. The number of amides is 1. The van der Waals surface area contributed by atoms with Crippen LogP contribution in [0.4, 0.5) is 0 Å². The Bertz CT molecular complexity index is 380. The standard InChI is InChI=1S/C14H21NO2/c1-11-5-4-6-12(9-11)7-8-13(16)15-10-14(2,3)17/h4-6,9,17H,7-8,10H2,1-3H3,(H,15,16). The Balaban J connectivity index is 2.33. The van der Waals surface area contributed by atoms with Gasteiger partial charge in [-0.25, -0.2) is 0 Å². The fourth-order valence-corrected chi connectivity index (χ4v) is 1.53. The molecule has 0 heterocycles. The second kappa shape index (κ2) is 5.82. The zero-order valence-electron chi connectivity index (χ0n) is 10.8. The molecule has 94 valence electrons. The van der Waals surface area contributed by atoms with Gasteiger partial charge in [-0.05, 0) is 32.8 Å². The van der Waals surface area contributed by atoms with Crippen LogP contribution in [0.15, 0.2) is 24.3 Å². The van der Waals surface area contributed by atoms with Crippen molar-refractivity contribution in [3.05, 3.63) is 35.4 Å². The van der Waals surface area contributed by atoms with Crippen LogP contribution in [0.2, 0.25) is 0 Å². The Morgan fingerprint density at radius 2 is 2.12 bits per heavy atom. The van der Waals surface area contributed by atoms with Crippen LogP contribution in [0.3, 0.4) is 0 Å². The molecule has 1 aromatic carbocycles. The minimum Gasteiger partial charge on any atom is -0.389 e. The predicted molar refractivity (Wildman–Crippen MR) is 68.8 cm³/mol. The van der Waals surface area contributed by atoms with Crippen molar-refractivity contribution in [2.45, 2.75) is 39.2 Å². The van der Waals surface area contributed by atoms with Crippen LogP contribution in [0, 0.1) is 6.92 Å². The van der Waals surface area contributed by atoms with Crippen LogP contribution in [0.1, 0.15) is 31.4 Å². The molecule has 0 aromatic heterocycles. The van der Waals surface area contributed by atoms with Crippen molar-refractivity contribution < 1.29 is 9.90 Å². The molecule has 1 rings (SSSR count). The third-order valence-corrected chi connectivity index (χ3v) is 2.44. The van der Waals surface area contributed by atoms with Gasteiger partial charge in [-0.15, -0.1) is 0 Å². The Kier molecular flexibility index (Phi) is 4.70. The first-order chi connectivity index (χ1) is 7.87. The molecule has 0 saturated heterocycles. The number of carbonyl (C=O) groups excluding carboxylic acids is 1. The molecule has 0 fully saturated rings. The minimum atomic E-state index is -0.848. The van der Waals surface area contributed by atoms with Crippen LogP contribution in [0.5, 0.6) is 0 Å². The normalized spacial score (nSPS) is 11.3. The van der Waals surface area contributed by atoms with Crippen molar-refractivity contribution in [1.29, 1.82) is 0 Å². The van der Waals surface area contributed by atoms with E-state index in [1.54, 1.807) is 13.8 Å². The summed E-state index contributed by atoms with van der Waals surface area (Å²) < 4.78 is 0. The first kappa shape index (κ1) is 13.7. The first-order valence-electron chi connectivity index (χ1n) is 5.91. The molecular weight excluding hydrogens is 214 g/mol. The molecule has 3 heteroatoms. The van der Waals surface area contributed by atoms with Gasteiger partial charge in [0.15, 0.2) is 0 Å². The number of aliphatic hydroxyl groups is 1. The van der Waals surface area contributed by atoms with Crippen molar-refractivity contribution >= 4 is 5.91 Å². The Labute approximate surface area is 103 Å². The van der Waals surface area contributed by atoms with Crippen molar-refractivity contribution in [3.63, 3.8) is 0 Å². The topological polar surface area (TPSA) is 49.3 Å². The van der Waals surface area contributed by atoms with Crippen LogP contribution < -0.4 is 5.32 Å². The highest BCUT2D eigenvalue weighted by Gasteiger charge is 2.13. The maximum Gasteiger partial charge on any atom is 0.220 e. The summed E-state index contributed by atoms with van der Waals surface area (Å²) in [5.41, 5.74) is 1.53. The van der Waals surface area contributed by atoms with Crippen molar-refractivity contribution in [1.82, 2.24) is 5.32 Å². The second-order valence-electron chi connectivity index (χ2n) is 5.08.